The maximum absolute atomic E-state index is 6.00. The Hall–Kier alpha value is -1.24. The van der Waals surface area contributed by atoms with Gasteiger partial charge in [0.2, 0.25) is 0 Å². The van der Waals surface area contributed by atoms with Crippen LogP contribution in [0.4, 0.5) is 0 Å². The number of benzene rings is 1. The van der Waals surface area contributed by atoms with E-state index in [-0.39, 0.29) is 0 Å². The van der Waals surface area contributed by atoms with E-state index in [1.54, 1.807) is 0 Å². The van der Waals surface area contributed by atoms with Gasteiger partial charge in [0.1, 0.15) is 5.75 Å². The van der Waals surface area contributed by atoms with E-state index in [4.69, 9.17) is 4.74 Å². The minimum atomic E-state index is 0.492. The summed E-state index contributed by atoms with van der Waals surface area (Å²) >= 11 is 0. The van der Waals surface area contributed by atoms with Gasteiger partial charge in [-0.2, -0.15) is 0 Å². The van der Waals surface area contributed by atoms with Crippen LogP contribution < -0.4 is 4.74 Å². The first-order valence-corrected chi connectivity index (χ1v) is 8.37. The molecule has 0 aliphatic rings. The summed E-state index contributed by atoms with van der Waals surface area (Å²) in [5, 5.41) is 0. The van der Waals surface area contributed by atoms with Crippen molar-refractivity contribution >= 4 is 0 Å². The van der Waals surface area contributed by atoms with E-state index in [9.17, 15) is 0 Å². The molecule has 0 bridgehead atoms. The third kappa shape index (κ3) is 5.57. The molecule has 1 aromatic rings. The number of hydrogen-bond acceptors (Lipinski definition) is 1. The zero-order valence-electron chi connectivity index (χ0n) is 14.6. The second-order valence-electron chi connectivity index (χ2n) is 6.57. The topological polar surface area (TPSA) is 9.23 Å². The van der Waals surface area contributed by atoms with Crippen molar-refractivity contribution in [2.45, 2.75) is 66.2 Å². The SMILES string of the molecule is C/C=C\CC(CC)c1ccc(OCC(C)C)c(C(C)C)c1. The number of hydrogen-bond donors (Lipinski definition) is 0. The van der Waals surface area contributed by atoms with E-state index in [0.717, 1.165) is 18.8 Å². The van der Waals surface area contributed by atoms with E-state index < -0.39 is 0 Å². The van der Waals surface area contributed by atoms with Gasteiger partial charge in [0.25, 0.3) is 0 Å². The first-order chi connectivity index (χ1) is 9.99. The zero-order valence-corrected chi connectivity index (χ0v) is 14.6. The Balaban J connectivity index is 3.00. The monoisotopic (exact) mass is 288 g/mol. The third-order valence-electron chi connectivity index (χ3n) is 3.85. The van der Waals surface area contributed by atoms with Crippen molar-refractivity contribution in [2.75, 3.05) is 6.61 Å². The molecule has 0 saturated carbocycles. The van der Waals surface area contributed by atoms with Crippen LogP contribution in [0.5, 0.6) is 5.75 Å². The lowest BCUT2D eigenvalue weighted by Gasteiger charge is -2.20. The lowest BCUT2D eigenvalue weighted by molar-refractivity contribution is 0.267. The maximum Gasteiger partial charge on any atom is 0.122 e. The minimum Gasteiger partial charge on any atom is -0.493 e. The molecule has 1 nitrogen and oxygen atoms in total. The Morgan fingerprint density at radius 1 is 1.14 bits per heavy atom. The fraction of sp³-hybridized carbons (Fsp3) is 0.600. The smallest absolute Gasteiger partial charge is 0.122 e. The summed E-state index contributed by atoms with van der Waals surface area (Å²) in [5.41, 5.74) is 2.78. The second-order valence-corrected chi connectivity index (χ2v) is 6.57. The van der Waals surface area contributed by atoms with Crippen LogP contribution in [0.25, 0.3) is 0 Å². The average molecular weight is 288 g/mol. The van der Waals surface area contributed by atoms with E-state index in [2.05, 4.69) is 71.9 Å². The van der Waals surface area contributed by atoms with Crippen LogP contribution in [-0.2, 0) is 0 Å². The molecule has 0 aliphatic heterocycles. The van der Waals surface area contributed by atoms with Crippen molar-refractivity contribution < 1.29 is 4.74 Å². The molecule has 0 aromatic heterocycles. The summed E-state index contributed by atoms with van der Waals surface area (Å²) in [4.78, 5) is 0. The van der Waals surface area contributed by atoms with Crippen LogP contribution in [0.3, 0.4) is 0 Å². The molecule has 0 fully saturated rings. The largest absolute Gasteiger partial charge is 0.493 e. The lowest BCUT2D eigenvalue weighted by Crippen LogP contribution is -2.07. The van der Waals surface area contributed by atoms with Gasteiger partial charge in [0.15, 0.2) is 0 Å². The van der Waals surface area contributed by atoms with Gasteiger partial charge in [-0.3, -0.25) is 0 Å². The van der Waals surface area contributed by atoms with Gasteiger partial charge < -0.3 is 4.74 Å². The Kier molecular flexibility index (Phi) is 7.56. The molecule has 118 valence electrons. The molecular formula is C20H32O. The van der Waals surface area contributed by atoms with Crippen LogP contribution in [-0.4, -0.2) is 6.61 Å². The molecule has 1 rings (SSSR count). The molecule has 1 atom stereocenters. The average Bonchev–Trinajstić information content (AvgIpc) is 2.46. The van der Waals surface area contributed by atoms with Gasteiger partial charge in [-0.1, -0.05) is 58.9 Å². The fourth-order valence-corrected chi connectivity index (χ4v) is 2.50. The molecule has 1 heteroatoms. The zero-order chi connectivity index (χ0) is 15.8. The molecule has 0 amide bonds. The second kappa shape index (κ2) is 8.92. The summed E-state index contributed by atoms with van der Waals surface area (Å²) in [6.45, 7) is 14.0. The van der Waals surface area contributed by atoms with Crippen molar-refractivity contribution in [3.8, 4) is 5.75 Å². The van der Waals surface area contributed by atoms with Gasteiger partial charge >= 0.3 is 0 Å². The minimum absolute atomic E-state index is 0.492. The predicted octanol–water partition coefficient (Wildman–Crippen LogP) is 6.30. The van der Waals surface area contributed by atoms with Gasteiger partial charge in [0.05, 0.1) is 6.61 Å². The van der Waals surface area contributed by atoms with Crippen molar-refractivity contribution in [1.82, 2.24) is 0 Å². The van der Waals surface area contributed by atoms with Crippen LogP contribution >= 0.6 is 0 Å². The summed E-state index contributed by atoms with van der Waals surface area (Å²) < 4.78 is 6.00. The Labute approximate surface area is 131 Å². The predicted molar refractivity (Wildman–Crippen MR) is 93.3 cm³/mol. The molecule has 21 heavy (non-hydrogen) atoms. The van der Waals surface area contributed by atoms with Crippen LogP contribution in [0.2, 0.25) is 0 Å². The number of rotatable bonds is 8. The molecule has 0 saturated heterocycles. The van der Waals surface area contributed by atoms with E-state index in [1.807, 2.05) is 0 Å². The third-order valence-corrected chi connectivity index (χ3v) is 3.85. The number of ether oxygens (including phenoxy) is 1. The molecule has 1 aromatic carbocycles. The van der Waals surface area contributed by atoms with Gasteiger partial charge in [-0.05, 0) is 54.7 Å². The summed E-state index contributed by atoms with van der Waals surface area (Å²) in [7, 11) is 0. The van der Waals surface area contributed by atoms with Gasteiger partial charge in [-0.15, -0.1) is 0 Å². The molecule has 0 aliphatic carbocycles. The van der Waals surface area contributed by atoms with Crippen molar-refractivity contribution in [3.05, 3.63) is 41.5 Å². The van der Waals surface area contributed by atoms with E-state index >= 15 is 0 Å². The molecular weight excluding hydrogens is 256 g/mol. The summed E-state index contributed by atoms with van der Waals surface area (Å²) in [5.74, 6) is 2.72. The van der Waals surface area contributed by atoms with Crippen molar-refractivity contribution in [1.29, 1.82) is 0 Å². The van der Waals surface area contributed by atoms with E-state index in [0.29, 0.717) is 17.8 Å². The molecule has 0 heterocycles. The molecule has 1 unspecified atom stereocenters. The highest BCUT2D eigenvalue weighted by molar-refractivity contribution is 5.40. The quantitative estimate of drug-likeness (QED) is 0.510. The highest BCUT2D eigenvalue weighted by Gasteiger charge is 2.14. The first kappa shape index (κ1) is 17.8. The van der Waals surface area contributed by atoms with Crippen LogP contribution in [0.15, 0.2) is 30.4 Å². The fourth-order valence-electron chi connectivity index (χ4n) is 2.50. The summed E-state index contributed by atoms with van der Waals surface area (Å²) in [6, 6.07) is 6.78. The molecule has 0 spiro atoms. The normalized spacial score (nSPS) is 13.3. The van der Waals surface area contributed by atoms with Crippen LogP contribution in [0.1, 0.15) is 77.3 Å². The van der Waals surface area contributed by atoms with E-state index in [1.165, 1.54) is 17.5 Å². The Morgan fingerprint density at radius 3 is 2.38 bits per heavy atom. The molecule has 0 N–H and O–H groups in total. The standard InChI is InChI=1S/C20H32O/c1-7-9-10-17(8-2)18-11-12-20(21-14-15(3)4)19(13-18)16(5)6/h7,9,11-13,15-17H,8,10,14H2,1-6H3/b9-7-. The molecule has 0 radical (unpaired) electrons. The van der Waals surface area contributed by atoms with Gasteiger partial charge in [-0.25, -0.2) is 0 Å². The Bertz CT molecular complexity index is 443. The first-order valence-electron chi connectivity index (χ1n) is 8.37. The Morgan fingerprint density at radius 2 is 1.86 bits per heavy atom. The van der Waals surface area contributed by atoms with Gasteiger partial charge in [0, 0.05) is 0 Å². The summed E-state index contributed by atoms with van der Waals surface area (Å²) in [6.07, 6.45) is 6.71. The lowest BCUT2D eigenvalue weighted by atomic mass is 9.89. The highest BCUT2D eigenvalue weighted by atomic mass is 16.5. The van der Waals surface area contributed by atoms with Crippen molar-refractivity contribution in [2.24, 2.45) is 5.92 Å². The number of allylic oxidation sites excluding steroid dienone is 2. The highest BCUT2D eigenvalue weighted by Crippen LogP contribution is 2.32. The maximum atomic E-state index is 6.00. The van der Waals surface area contributed by atoms with Crippen molar-refractivity contribution in [3.63, 3.8) is 0 Å². The van der Waals surface area contributed by atoms with Crippen LogP contribution in [0, 0.1) is 5.92 Å².